The summed E-state index contributed by atoms with van der Waals surface area (Å²) in [5, 5.41) is 0.995. The van der Waals surface area contributed by atoms with Gasteiger partial charge in [-0.2, -0.15) is 0 Å². The Labute approximate surface area is 102 Å². The summed E-state index contributed by atoms with van der Waals surface area (Å²) in [5.74, 6) is 0.599. The third-order valence-corrected chi connectivity index (χ3v) is 5.74. The fraction of sp³-hybridized carbons (Fsp3) is 0.750. The largest absolute Gasteiger partial charge is 0.126 e. The molecule has 0 radical (unpaired) electrons. The fourth-order valence-corrected chi connectivity index (χ4v) is 4.46. The van der Waals surface area contributed by atoms with E-state index in [-0.39, 0.29) is 5.92 Å². The topological polar surface area (TPSA) is 0 Å². The number of rotatable bonds is 1. The van der Waals surface area contributed by atoms with Crippen molar-refractivity contribution in [1.82, 2.24) is 0 Å². The number of halogens is 5. The number of alkyl halides is 3. The zero-order chi connectivity index (χ0) is 9.85. The summed E-state index contributed by atoms with van der Waals surface area (Å²) in [4.78, 5) is -1.16. The predicted molar refractivity (Wildman–Crippen MR) is 59.3 cm³/mol. The van der Waals surface area contributed by atoms with Crippen LogP contribution in [0.25, 0.3) is 0 Å². The van der Waals surface area contributed by atoms with Crippen molar-refractivity contribution < 1.29 is 0 Å². The van der Waals surface area contributed by atoms with Crippen molar-refractivity contribution in [2.75, 3.05) is 5.88 Å². The maximum absolute atomic E-state index is 6.35. The summed E-state index contributed by atoms with van der Waals surface area (Å²) in [6.07, 6.45) is 1.31. The minimum atomic E-state index is -0.609. The van der Waals surface area contributed by atoms with Gasteiger partial charge in [0.05, 0.1) is 19.8 Å². The Morgan fingerprint density at radius 3 is 2.23 bits per heavy atom. The van der Waals surface area contributed by atoms with E-state index in [4.69, 9.17) is 58.0 Å². The summed E-state index contributed by atoms with van der Waals surface area (Å²) in [7, 11) is 0. The highest BCUT2D eigenvalue weighted by Gasteiger charge is 2.62. The Morgan fingerprint density at radius 2 is 1.85 bits per heavy atom. The third kappa shape index (κ3) is 1.26. The van der Waals surface area contributed by atoms with Gasteiger partial charge in [-0.05, 0) is 18.8 Å². The van der Waals surface area contributed by atoms with Crippen LogP contribution in [0.15, 0.2) is 10.1 Å². The Kier molecular flexibility index (Phi) is 2.54. The van der Waals surface area contributed by atoms with Gasteiger partial charge in [0.2, 0.25) is 0 Å². The normalized spacial score (nSPS) is 49.2. The smallest absolute Gasteiger partial charge is 0.0873 e. The van der Waals surface area contributed by atoms with Crippen molar-refractivity contribution >= 4 is 58.0 Å². The molecule has 0 amide bonds. The van der Waals surface area contributed by atoms with E-state index >= 15 is 0 Å². The SMILES string of the molecule is ClCC1CC2(Cl)CC1(Cl)C(Cl)=C2Cl. The average molecular weight is 280 g/mol. The molecule has 2 bridgehead atoms. The first-order valence-electron chi connectivity index (χ1n) is 3.94. The van der Waals surface area contributed by atoms with Gasteiger partial charge in [-0.15, -0.1) is 34.8 Å². The monoisotopic (exact) mass is 278 g/mol. The molecule has 0 spiro atoms. The molecule has 0 heterocycles. The highest BCUT2D eigenvalue weighted by molar-refractivity contribution is 6.51. The molecule has 2 rings (SSSR count). The summed E-state index contributed by atoms with van der Waals surface area (Å²) in [6.45, 7) is 0. The molecule has 3 atom stereocenters. The van der Waals surface area contributed by atoms with Gasteiger partial charge in [0.25, 0.3) is 0 Å². The van der Waals surface area contributed by atoms with Gasteiger partial charge in [-0.3, -0.25) is 0 Å². The quantitative estimate of drug-likeness (QED) is 0.628. The lowest BCUT2D eigenvalue weighted by molar-refractivity contribution is 0.520. The van der Waals surface area contributed by atoms with Crippen molar-refractivity contribution in [2.45, 2.75) is 22.6 Å². The first-order chi connectivity index (χ1) is 5.94. The second-order valence-corrected chi connectivity index (χ2v) is 6.15. The first kappa shape index (κ1) is 10.7. The van der Waals surface area contributed by atoms with Crippen molar-refractivity contribution in [3.63, 3.8) is 0 Å². The first-order valence-corrected chi connectivity index (χ1v) is 5.99. The van der Waals surface area contributed by atoms with Gasteiger partial charge in [0, 0.05) is 5.88 Å². The van der Waals surface area contributed by atoms with Crippen LogP contribution < -0.4 is 0 Å². The molecule has 5 heteroatoms. The number of fused-ring (bicyclic) bond motifs is 2. The van der Waals surface area contributed by atoms with E-state index in [1.807, 2.05) is 0 Å². The third-order valence-electron chi connectivity index (χ3n) is 2.89. The van der Waals surface area contributed by atoms with Gasteiger partial charge in [0.15, 0.2) is 0 Å². The van der Waals surface area contributed by atoms with Crippen molar-refractivity contribution in [3.05, 3.63) is 10.1 Å². The number of hydrogen-bond acceptors (Lipinski definition) is 0. The Balaban J connectivity index is 2.46. The lowest BCUT2D eigenvalue weighted by Gasteiger charge is -2.28. The molecule has 0 aromatic carbocycles. The van der Waals surface area contributed by atoms with Crippen LogP contribution in [0.4, 0.5) is 0 Å². The Bertz CT molecular complexity index is 286. The standard InChI is InChI=1S/C8H7Cl5/c9-2-4-1-7(12)3-8(4,13)6(11)5(7)10/h4H,1-3H2. The molecule has 2 aliphatic carbocycles. The lowest BCUT2D eigenvalue weighted by atomic mass is 9.94. The van der Waals surface area contributed by atoms with Crippen molar-refractivity contribution in [3.8, 4) is 0 Å². The van der Waals surface area contributed by atoms with Crippen LogP contribution in [0.3, 0.4) is 0 Å². The average Bonchev–Trinajstić information content (AvgIpc) is 2.44. The highest BCUT2D eigenvalue weighted by atomic mass is 35.5. The van der Waals surface area contributed by atoms with E-state index in [0.29, 0.717) is 22.4 Å². The van der Waals surface area contributed by atoms with E-state index in [1.165, 1.54) is 0 Å². The van der Waals surface area contributed by atoms with Crippen LogP contribution >= 0.6 is 58.0 Å². The minimum Gasteiger partial charge on any atom is -0.126 e. The summed E-state index contributed by atoms with van der Waals surface area (Å²) in [5.41, 5.74) is 0. The molecule has 13 heavy (non-hydrogen) atoms. The van der Waals surface area contributed by atoms with Crippen LogP contribution in [0, 0.1) is 5.92 Å². The summed E-state index contributed by atoms with van der Waals surface area (Å²) < 4.78 is 0. The zero-order valence-electron chi connectivity index (χ0n) is 6.59. The molecule has 0 aromatic heterocycles. The van der Waals surface area contributed by atoms with Gasteiger partial charge in [0.1, 0.15) is 0 Å². The highest BCUT2D eigenvalue weighted by Crippen LogP contribution is 2.65. The van der Waals surface area contributed by atoms with Crippen LogP contribution in [0.5, 0.6) is 0 Å². The van der Waals surface area contributed by atoms with Crippen LogP contribution in [0.1, 0.15) is 12.8 Å². The molecule has 1 saturated carbocycles. The summed E-state index contributed by atoms with van der Waals surface area (Å²) >= 11 is 30.5. The van der Waals surface area contributed by atoms with Gasteiger partial charge in [-0.25, -0.2) is 0 Å². The molecule has 0 aliphatic heterocycles. The second kappa shape index (κ2) is 3.09. The van der Waals surface area contributed by atoms with Crippen LogP contribution in [0.2, 0.25) is 0 Å². The van der Waals surface area contributed by atoms with Crippen molar-refractivity contribution in [1.29, 1.82) is 0 Å². The van der Waals surface area contributed by atoms with E-state index < -0.39 is 9.75 Å². The maximum atomic E-state index is 6.35. The van der Waals surface area contributed by atoms with Crippen molar-refractivity contribution in [2.24, 2.45) is 5.92 Å². The zero-order valence-corrected chi connectivity index (χ0v) is 10.4. The van der Waals surface area contributed by atoms with Crippen LogP contribution in [-0.4, -0.2) is 15.6 Å². The fourth-order valence-electron chi connectivity index (χ4n) is 2.16. The molecule has 0 saturated heterocycles. The molecule has 0 N–H and O–H groups in total. The van der Waals surface area contributed by atoms with Gasteiger partial charge < -0.3 is 0 Å². The van der Waals surface area contributed by atoms with E-state index in [1.54, 1.807) is 0 Å². The molecule has 74 valence electrons. The number of hydrogen-bond donors (Lipinski definition) is 0. The second-order valence-electron chi connectivity index (χ2n) is 3.69. The molecule has 0 nitrogen and oxygen atoms in total. The molecule has 0 aromatic rings. The molecular weight excluding hydrogens is 273 g/mol. The van der Waals surface area contributed by atoms with Gasteiger partial charge in [-0.1, -0.05) is 23.2 Å². The van der Waals surface area contributed by atoms with E-state index in [0.717, 1.165) is 6.42 Å². The maximum Gasteiger partial charge on any atom is 0.0873 e. The van der Waals surface area contributed by atoms with Crippen LogP contribution in [-0.2, 0) is 0 Å². The van der Waals surface area contributed by atoms with E-state index in [2.05, 4.69) is 0 Å². The Hall–Kier alpha value is 1.19. The van der Waals surface area contributed by atoms with E-state index in [9.17, 15) is 0 Å². The Morgan fingerprint density at radius 1 is 1.23 bits per heavy atom. The number of allylic oxidation sites excluding steroid dienone is 2. The summed E-state index contributed by atoms with van der Waals surface area (Å²) in [6, 6.07) is 0. The predicted octanol–water partition coefficient (Wildman–Crippen LogP) is 4.29. The van der Waals surface area contributed by atoms with Gasteiger partial charge >= 0.3 is 0 Å². The lowest BCUT2D eigenvalue weighted by Crippen LogP contribution is -2.28. The molecule has 3 unspecified atom stereocenters. The minimum absolute atomic E-state index is 0.128. The molecular formula is C8H7Cl5. The molecule has 1 fully saturated rings. The molecule has 2 aliphatic rings.